The molecule has 0 aromatic carbocycles. The zero-order chi connectivity index (χ0) is 11.3. The highest BCUT2D eigenvalue weighted by atomic mass is 16.5. The van der Waals surface area contributed by atoms with Crippen molar-refractivity contribution in [3.8, 4) is 0 Å². The Bertz CT molecular complexity index is 215. The molecule has 1 atom stereocenters. The summed E-state index contributed by atoms with van der Waals surface area (Å²) in [5.41, 5.74) is 1.90. The van der Waals surface area contributed by atoms with E-state index in [0.717, 1.165) is 26.2 Å². The fraction of sp³-hybridized carbons (Fsp3) is 0.846. The van der Waals surface area contributed by atoms with Crippen LogP contribution in [0.4, 0.5) is 0 Å². The summed E-state index contributed by atoms with van der Waals surface area (Å²) < 4.78 is 5.28. The lowest BCUT2D eigenvalue weighted by atomic mass is 9.88. The van der Waals surface area contributed by atoms with Crippen molar-refractivity contribution in [2.24, 2.45) is 5.41 Å². The Morgan fingerprint density at radius 2 is 2.20 bits per heavy atom. The molecule has 0 aromatic rings. The maximum atomic E-state index is 5.28. The molecule has 0 fully saturated rings. The summed E-state index contributed by atoms with van der Waals surface area (Å²) in [6.07, 6.45) is 4.52. The van der Waals surface area contributed by atoms with E-state index in [2.05, 4.69) is 39.1 Å². The molecule has 0 bridgehead atoms. The lowest BCUT2D eigenvalue weighted by Crippen LogP contribution is -2.38. The lowest BCUT2D eigenvalue weighted by Gasteiger charge is -2.28. The minimum Gasteiger partial charge on any atom is -0.377 e. The van der Waals surface area contributed by atoms with Gasteiger partial charge in [-0.05, 0) is 31.7 Å². The van der Waals surface area contributed by atoms with Gasteiger partial charge < -0.3 is 10.1 Å². The molecule has 0 spiro atoms. The van der Waals surface area contributed by atoms with E-state index in [1.54, 1.807) is 5.57 Å². The highest BCUT2D eigenvalue weighted by Crippen LogP contribution is 2.19. The molecule has 0 saturated carbocycles. The topological polar surface area (TPSA) is 21.3 Å². The van der Waals surface area contributed by atoms with Gasteiger partial charge in [0.15, 0.2) is 0 Å². The third kappa shape index (κ3) is 4.80. The van der Waals surface area contributed by atoms with Gasteiger partial charge in [0.05, 0.1) is 13.2 Å². The first-order chi connectivity index (χ1) is 7.00. The molecule has 2 heteroatoms. The monoisotopic (exact) mass is 211 g/mol. The van der Waals surface area contributed by atoms with Crippen molar-refractivity contribution in [3.05, 3.63) is 11.6 Å². The second kappa shape index (κ2) is 5.66. The van der Waals surface area contributed by atoms with Gasteiger partial charge in [-0.2, -0.15) is 0 Å². The van der Waals surface area contributed by atoms with Gasteiger partial charge in [0.25, 0.3) is 0 Å². The zero-order valence-electron chi connectivity index (χ0n) is 10.6. The average Bonchev–Trinajstić information content (AvgIpc) is 2.18. The summed E-state index contributed by atoms with van der Waals surface area (Å²) in [4.78, 5) is 0. The molecule has 1 N–H and O–H groups in total. The van der Waals surface area contributed by atoms with Crippen molar-refractivity contribution in [2.45, 2.75) is 46.6 Å². The molecule has 1 unspecified atom stereocenters. The minimum absolute atomic E-state index is 0.351. The molecular formula is C13H25NO. The van der Waals surface area contributed by atoms with E-state index in [1.165, 1.54) is 6.42 Å². The molecule has 1 heterocycles. The predicted molar refractivity (Wildman–Crippen MR) is 65.1 cm³/mol. The number of rotatable bonds is 4. The molecule has 0 aliphatic carbocycles. The molecule has 0 saturated heterocycles. The first-order valence-corrected chi connectivity index (χ1v) is 5.99. The SMILES string of the molecule is CC(NCCC1=CCOCC1)C(C)(C)C. The number of hydrogen-bond donors (Lipinski definition) is 1. The van der Waals surface area contributed by atoms with E-state index < -0.39 is 0 Å². The van der Waals surface area contributed by atoms with E-state index in [-0.39, 0.29) is 0 Å². The molecular weight excluding hydrogens is 186 g/mol. The van der Waals surface area contributed by atoms with Gasteiger partial charge in [0.1, 0.15) is 0 Å². The van der Waals surface area contributed by atoms with Gasteiger partial charge in [-0.3, -0.25) is 0 Å². The van der Waals surface area contributed by atoms with Crippen molar-refractivity contribution >= 4 is 0 Å². The maximum absolute atomic E-state index is 5.28. The molecule has 0 amide bonds. The van der Waals surface area contributed by atoms with Gasteiger partial charge in [-0.25, -0.2) is 0 Å². The van der Waals surface area contributed by atoms with Crippen molar-refractivity contribution in [2.75, 3.05) is 19.8 Å². The fourth-order valence-electron chi connectivity index (χ4n) is 1.55. The van der Waals surface area contributed by atoms with Crippen LogP contribution in [0.15, 0.2) is 11.6 Å². The zero-order valence-corrected chi connectivity index (χ0v) is 10.6. The number of ether oxygens (including phenoxy) is 1. The second-order valence-corrected chi connectivity index (χ2v) is 5.48. The fourth-order valence-corrected chi connectivity index (χ4v) is 1.55. The van der Waals surface area contributed by atoms with E-state index in [1.807, 2.05) is 0 Å². The molecule has 1 aliphatic rings. The van der Waals surface area contributed by atoms with Crippen LogP contribution in [0.2, 0.25) is 0 Å². The Labute approximate surface area is 94.1 Å². The van der Waals surface area contributed by atoms with Crippen LogP contribution in [-0.4, -0.2) is 25.8 Å². The van der Waals surface area contributed by atoms with Crippen molar-refractivity contribution in [3.63, 3.8) is 0 Å². The van der Waals surface area contributed by atoms with Crippen LogP contribution >= 0.6 is 0 Å². The van der Waals surface area contributed by atoms with E-state index in [4.69, 9.17) is 4.74 Å². The van der Waals surface area contributed by atoms with Crippen LogP contribution in [-0.2, 0) is 4.74 Å². The quantitative estimate of drug-likeness (QED) is 0.722. The average molecular weight is 211 g/mol. The highest BCUT2D eigenvalue weighted by molar-refractivity contribution is 5.04. The predicted octanol–water partition coefficient (Wildman–Crippen LogP) is 2.75. The molecule has 0 radical (unpaired) electrons. The largest absolute Gasteiger partial charge is 0.377 e. The summed E-state index contributed by atoms with van der Waals surface area (Å²) >= 11 is 0. The summed E-state index contributed by atoms with van der Waals surface area (Å²) in [5.74, 6) is 0. The van der Waals surface area contributed by atoms with Crippen LogP contribution in [0.5, 0.6) is 0 Å². The maximum Gasteiger partial charge on any atom is 0.0650 e. The van der Waals surface area contributed by atoms with Gasteiger partial charge in [0, 0.05) is 6.04 Å². The Morgan fingerprint density at radius 1 is 1.47 bits per heavy atom. The van der Waals surface area contributed by atoms with Crippen molar-refractivity contribution < 1.29 is 4.74 Å². The lowest BCUT2D eigenvalue weighted by molar-refractivity contribution is 0.153. The van der Waals surface area contributed by atoms with Crippen LogP contribution in [0.1, 0.15) is 40.5 Å². The normalized spacial score (nSPS) is 19.9. The van der Waals surface area contributed by atoms with Gasteiger partial charge in [-0.1, -0.05) is 32.4 Å². The Balaban J connectivity index is 2.18. The van der Waals surface area contributed by atoms with Gasteiger partial charge in [-0.15, -0.1) is 0 Å². The van der Waals surface area contributed by atoms with E-state index in [0.29, 0.717) is 11.5 Å². The summed E-state index contributed by atoms with van der Waals surface area (Å²) in [7, 11) is 0. The Hall–Kier alpha value is -0.340. The van der Waals surface area contributed by atoms with Crippen molar-refractivity contribution in [1.29, 1.82) is 0 Å². The van der Waals surface area contributed by atoms with Crippen LogP contribution < -0.4 is 5.32 Å². The van der Waals surface area contributed by atoms with Gasteiger partial charge >= 0.3 is 0 Å². The number of hydrogen-bond acceptors (Lipinski definition) is 2. The molecule has 88 valence electrons. The smallest absolute Gasteiger partial charge is 0.0650 e. The van der Waals surface area contributed by atoms with Crippen molar-refractivity contribution in [1.82, 2.24) is 5.32 Å². The van der Waals surface area contributed by atoms with Crippen LogP contribution in [0.25, 0.3) is 0 Å². The minimum atomic E-state index is 0.351. The van der Waals surface area contributed by atoms with Gasteiger partial charge in [0.2, 0.25) is 0 Å². The molecule has 1 rings (SSSR count). The second-order valence-electron chi connectivity index (χ2n) is 5.48. The molecule has 0 aromatic heterocycles. The summed E-state index contributed by atoms with van der Waals surface area (Å²) in [5, 5.41) is 3.59. The summed E-state index contributed by atoms with van der Waals surface area (Å²) in [6, 6.07) is 0.568. The van der Waals surface area contributed by atoms with E-state index in [9.17, 15) is 0 Å². The third-order valence-electron chi connectivity index (χ3n) is 3.25. The highest BCUT2D eigenvalue weighted by Gasteiger charge is 2.18. The first-order valence-electron chi connectivity index (χ1n) is 5.99. The van der Waals surface area contributed by atoms with Crippen LogP contribution in [0.3, 0.4) is 0 Å². The Kier molecular flexibility index (Phi) is 4.81. The molecule has 15 heavy (non-hydrogen) atoms. The Morgan fingerprint density at radius 3 is 2.73 bits per heavy atom. The third-order valence-corrected chi connectivity index (χ3v) is 3.25. The summed E-state index contributed by atoms with van der Waals surface area (Å²) in [6.45, 7) is 11.9. The number of nitrogens with one attached hydrogen (secondary N) is 1. The van der Waals surface area contributed by atoms with Crippen LogP contribution in [0, 0.1) is 5.41 Å². The molecule has 2 nitrogen and oxygen atoms in total. The molecule has 1 aliphatic heterocycles. The standard InChI is InChI=1S/C13H25NO/c1-11(13(2,3)4)14-8-5-12-6-9-15-10-7-12/h6,11,14H,5,7-10H2,1-4H3. The van der Waals surface area contributed by atoms with E-state index >= 15 is 0 Å². The first kappa shape index (κ1) is 12.7.